The Bertz CT molecular complexity index is 783. The topological polar surface area (TPSA) is 55.7 Å². The summed E-state index contributed by atoms with van der Waals surface area (Å²) in [4.78, 5) is 29.0. The van der Waals surface area contributed by atoms with Crippen molar-refractivity contribution >= 4 is 17.7 Å². The minimum absolute atomic E-state index is 0.0150. The van der Waals surface area contributed by atoms with Crippen LogP contribution in [-0.4, -0.2) is 23.2 Å². The van der Waals surface area contributed by atoms with Crippen LogP contribution in [-0.2, 0) is 14.3 Å². The number of Topliss-reactive ketones (excluding diaryl/α,β-unsaturated/α-hetero) is 1. The number of carbonyl (C=O) groups excluding carboxylic acids is 2. The van der Waals surface area contributed by atoms with Crippen molar-refractivity contribution in [1.82, 2.24) is 0 Å². The van der Waals surface area contributed by atoms with Crippen LogP contribution in [0.15, 0.2) is 65.7 Å². The lowest BCUT2D eigenvalue weighted by Gasteiger charge is -2.27. The van der Waals surface area contributed by atoms with Gasteiger partial charge in [-0.25, -0.2) is 9.79 Å². The van der Waals surface area contributed by atoms with E-state index in [4.69, 9.17) is 4.74 Å². The number of aliphatic imine (C=N–C) groups is 1. The van der Waals surface area contributed by atoms with Crippen molar-refractivity contribution < 1.29 is 14.3 Å². The second kappa shape index (κ2) is 6.40. The Morgan fingerprint density at radius 3 is 2.25 bits per heavy atom. The minimum atomic E-state index is -1.11. The third kappa shape index (κ3) is 3.00. The van der Waals surface area contributed by atoms with Crippen LogP contribution in [0.2, 0.25) is 0 Å². The van der Waals surface area contributed by atoms with E-state index in [0.717, 1.165) is 11.1 Å². The molecule has 0 saturated heterocycles. The molecule has 2 aromatic carbocycles. The first-order valence-electron chi connectivity index (χ1n) is 7.92. The van der Waals surface area contributed by atoms with Crippen molar-refractivity contribution in [3.8, 4) is 0 Å². The molecule has 0 bridgehead atoms. The van der Waals surface area contributed by atoms with E-state index in [1.54, 1.807) is 6.92 Å². The largest absolute Gasteiger partial charge is 0.405 e. The van der Waals surface area contributed by atoms with Crippen molar-refractivity contribution in [2.45, 2.75) is 31.7 Å². The molecule has 0 radical (unpaired) electrons. The Kier molecular flexibility index (Phi) is 4.30. The van der Waals surface area contributed by atoms with Crippen LogP contribution < -0.4 is 0 Å². The lowest BCUT2D eigenvalue weighted by Crippen LogP contribution is -2.38. The van der Waals surface area contributed by atoms with Gasteiger partial charge in [0.1, 0.15) is 5.78 Å². The summed E-state index contributed by atoms with van der Waals surface area (Å²) in [7, 11) is 0. The van der Waals surface area contributed by atoms with Crippen LogP contribution in [0.4, 0.5) is 0 Å². The highest BCUT2D eigenvalue weighted by Crippen LogP contribution is 2.39. The molecule has 0 fully saturated rings. The number of cyclic esters (lactones) is 1. The average molecular weight is 321 g/mol. The number of nitrogens with zero attached hydrogens (tertiary/aromatic N) is 1. The molecule has 1 heterocycles. The molecule has 0 aliphatic carbocycles. The first kappa shape index (κ1) is 16.1. The molecule has 4 nitrogen and oxygen atoms in total. The molecular formula is C20H19NO3. The van der Waals surface area contributed by atoms with Gasteiger partial charge in [0.15, 0.2) is 5.54 Å². The number of carbonyl (C=O) groups is 2. The number of ether oxygens (including phenoxy) is 1. The van der Waals surface area contributed by atoms with Crippen molar-refractivity contribution in [1.29, 1.82) is 0 Å². The van der Waals surface area contributed by atoms with Gasteiger partial charge >= 0.3 is 5.97 Å². The van der Waals surface area contributed by atoms with E-state index in [1.807, 2.05) is 60.7 Å². The minimum Gasteiger partial charge on any atom is -0.405 e. The highest BCUT2D eigenvalue weighted by atomic mass is 16.6. The standard InChI is InChI=1S/C20H19NO3/c1-14(22)13-17(15-9-5-3-6-10-15)20(2)19(23)24-18(21-20)16-11-7-4-8-12-16/h3-12,17H,13H2,1-2H3/t17-,20-/m0/s1. The van der Waals surface area contributed by atoms with E-state index in [1.165, 1.54) is 6.92 Å². The first-order valence-corrected chi connectivity index (χ1v) is 7.92. The maximum atomic E-state index is 12.6. The summed E-state index contributed by atoms with van der Waals surface area (Å²) >= 11 is 0. The Balaban J connectivity index is 2.04. The molecule has 122 valence electrons. The molecule has 24 heavy (non-hydrogen) atoms. The van der Waals surface area contributed by atoms with E-state index in [9.17, 15) is 9.59 Å². The second-order valence-corrected chi connectivity index (χ2v) is 6.19. The van der Waals surface area contributed by atoms with Gasteiger partial charge in [0.25, 0.3) is 0 Å². The average Bonchev–Trinajstić information content (AvgIpc) is 2.90. The third-order valence-corrected chi connectivity index (χ3v) is 4.33. The summed E-state index contributed by atoms with van der Waals surface area (Å²) in [6.45, 7) is 3.27. The SMILES string of the molecule is CC(=O)C[C@@H](c1ccccc1)[C@]1(C)N=C(c2ccccc2)OC1=O. The Hall–Kier alpha value is -2.75. The molecule has 4 heteroatoms. The Morgan fingerprint density at radius 1 is 1.08 bits per heavy atom. The van der Waals surface area contributed by atoms with Crippen molar-refractivity contribution in [3.05, 3.63) is 71.8 Å². The van der Waals surface area contributed by atoms with Gasteiger partial charge in [-0.2, -0.15) is 0 Å². The Morgan fingerprint density at radius 2 is 1.67 bits per heavy atom. The molecule has 0 amide bonds. The monoisotopic (exact) mass is 321 g/mol. The van der Waals surface area contributed by atoms with Gasteiger partial charge in [-0.15, -0.1) is 0 Å². The van der Waals surface area contributed by atoms with Gasteiger partial charge in [-0.3, -0.25) is 0 Å². The van der Waals surface area contributed by atoms with Crippen LogP contribution in [0, 0.1) is 0 Å². The van der Waals surface area contributed by atoms with Crippen LogP contribution in [0.5, 0.6) is 0 Å². The summed E-state index contributed by atoms with van der Waals surface area (Å²) in [6, 6.07) is 18.9. The zero-order chi connectivity index (χ0) is 17.2. The third-order valence-electron chi connectivity index (χ3n) is 4.33. The fourth-order valence-corrected chi connectivity index (χ4v) is 3.01. The predicted molar refractivity (Wildman–Crippen MR) is 92.0 cm³/mol. The fraction of sp³-hybridized carbons (Fsp3) is 0.250. The molecule has 2 atom stereocenters. The van der Waals surface area contributed by atoms with Gasteiger partial charge in [0.05, 0.1) is 0 Å². The summed E-state index contributed by atoms with van der Waals surface area (Å²) in [6.07, 6.45) is 0.237. The number of hydrogen-bond acceptors (Lipinski definition) is 4. The number of rotatable bonds is 5. The molecule has 2 aromatic rings. The molecule has 0 unspecified atom stereocenters. The summed E-state index contributed by atoms with van der Waals surface area (Å²) in [5, 5.41) is 0. The van der Waals surface area contributed by atoms with E-state index in [2.05, 4.69) is 4.99 Å². The number of esters is 1. The van der Waals surface area contributed by atoms with E-state index < -0.39 is 11.5 Å². The molecule has 1 aliphatic heterocycles. The summed E-state index contributed by atoms with van der Waals surface area (Å²) in [5.74, 6) is -0.449. The fourth-order valence-electron chi connectivity index (χ4n) is 3.01. The van der Waals surface area contributed by atoms with Crippen LogP contribution in [0.1, 0.15) is 37.3 Å². The normalized spacial score (nSPS) is 21.1. The van der Waals surface area contributed by atoms with Gasteiger partial charge < -0.3 is 9.53 Å². The number of ketones is 1. The van der Waals surface area contributed by atoms with Gasteiger partial charge in [0.2, 0.25) is 5.90 Å². The smallest absolute Gasteiger partial charge is 0.341 e. The van der Waals surface area contributed by atoms with Crippen LogP contribution >= 0.6 is 0 Å². The highest BCUT2D eigenvalue weighted by Gasteiger charge is 2.49. The maximum absolute atomic E-state index is 12.6. The number of benzene rings is 2. The molecule has 0 aromatic heterocycles. The maximum Gasteiger partial charge on any atom is 0.341 e. The molecule has 3 rings (SSSR count). The lowest BCUT2D eigenvalue weighted by molar-refractivity contribution is -0.139. The van der Waals surface area contributed by atoms with Crippen molar-refractivity contribution in [2.24, 2.45) is 4.99 Å². The first-order chi connectivity index (χ1) is 11.5. The van der Waals surface area contributed by atoms with Crippen molar-refractivity contribution in [2.75, 3.05) is 0 Å². The molecule has 0 N–H and O–H groups in total. The Labute approximate surface area is 141 Å². The quantitative estimate of drug-likeness (QED) is 0.792. The van der Waals surface area contributed by atoms with Gasteiger partial charge in [-0.05, 0) is 31.5 Å². The van der Waals surface area contributed by atoms with Gasteiger partial charge in [0, 0.05) is 17.9 Å². The molecule has 0 saturated carbocycles. The lowest BCUT2D eigenvalue weighted by atomic mass is 9.78. The molecule has 0 spiro atoms. The summed E-state index contributed by atoms with van der Waals surface area (Å²) in [5.41, 5.74) is 0.549. The zero-order valence-corrected chi connectivity index (χ0v) is 13.7. The zero-order valence-electron chi connectivity index (χ0n) is 13.7. The highest BCUT2D eigenvalue weighted by molar-refractivity contribution is 6.08. The van der Waals surface area contributed by atoms with Gasteiger partial charge in [-0.1, -0.05) is 48.5 Å². The number of hydrogen-bond donors (Lipinski definition) is 0. The van der Waals surface area contributed by atoms with E-state index in [0.29, 0.717) is 5.90 Å². The predicted octanol–water partition coefficient (Wildman–Crippen LogP) is 3.51. The van der Waals surface area contributed by atoms with Crippen molar-refractivity contribution in [3.63, 3.8) is 0 Å². The van der Waals surface area contributed by atoms with Crippen LogP contribution in [0.3, 0.4) is 0 Å². The molecular weight excluding hydrogens is 302 g/mol. The van der Waals surface area contributed by atoms with Crippen LogP contribution in [0.25, 0.3) is 0 Å². The second-order valence-electron chi connectivity index (χ2n) is 6.19. The van der Waals surface area contributed by atoms with E-state index >= 15 is 0 Å². The van der Waals surface area contributed by atoms with E-state index in [-0.39, 0.29) is 18.1 Å². The summed E-state index contributed by atoms with van der Waals surface area (Å²) < 4.78 is 5.45. The molecule has 1 aliphatic rings.